The van der Waals surface area contributed by atoms with Crippen LogP contribution in [0.1, 0.15) is 30.6 Å². The number of halogens is 6. The zero-order valence-electron chi connectivity index (χ0n) is 11.1. The van der Waals surface area contributed by atoms with E-state index >= 15 is 0 Å². The topological polar surface area (TPSA) is 32.3 Å². The molecule has 21 heavy (non-hydrogen) atoms. The van der Waals surface area contributed by atoms with Crippen LogP contribution in [-0.4, -0.2) is 23.9 Å². The molecule has 2 nitrogen and oxygen atoms in total. The van der Waals surface area contributed by atoms with Crippen LogP contribution in [0.4, 0.5) is 26.3 Å². The van der Waals surface area contributed by atoms with Crippen LogP contribution < -0.4 is 5.32 Å². The highest BCUT2D eigenvalue weighted by atomic mass is 19.4. The zero-order valence-corrected chi connectivity index (χ0v) is 11.1. The summed E-state index contributed by atoms with van der Waals surface area (Å²) in [5, 5.41) is 12.2. The monoisotopic (exact) mass is 315 g/mol. The van der Waals surface area contributed by atoms with Gasteiger partial charge in [0.25, 0.3) is 0 Å². The molecule has 0 fully saturated rings. The predicted molar refractivity (Wildman–Crippen MR) is 64.5 cm³/mol. The Morgan fingerprint density at radius 1 is 1.14 bits per heavy atom. The number of rotatable bonds is 5. The molecule has 0 saturated carbocycles. The molecule has 0 aliphatic carbocycles. The molecule has 0 aromatic heterocycles. The van der Waals surface area contributed by atoms with Gasteiger partial charge >= 0.3 is 12.4 Å². The Balaban J connectivity index is 2.62. The number of aliphatic hydroxyl groups is 1. The minimum absolute atomic E-state index is 0.00321. The van der Waals surface area contributed by atoms with Crippen molar-refractivity contribution in [2.45, 2.75) is 37.8 Å². The molecule has 8 heteroatoms. The van der Waals surface area contributed by atoms with Gasteiger partial charge in [-0.1, -0.05) is 12.1 Å². The van der Waals surface area contributed by atoms with Gasteiger partial charge in [-0.2, -0.15) is 26.3 Å². The van der Waals surface area contributed by atoms with Crippen molar-refractivity contribution in [3.05, 3.63) is 35.4 Å². The van der Waals surface area contributed by atoms with Crippen LogP contribution in [0.25, 0.3) is 0 Å². The summed E-state index contributed by atoms with van der Waals surface area (Å²) in [7, 11) is 0. The van der Waals surface area contributed by atoms with Gasteiger partial charge in [-0.05, 0) is 24.6 Å². The van der Waals surface area contributed by atoms with E-state index in [1.165, 1.54) is 13.0 Å². The molecule has 1 rings (SSSR count). The fourth-order valence-corrected chi connectivity index (χ4v) is 1.77. The highest BCUT2D eigenvalue weighted by Gasteiger charge is 2.31. The number of alkyl halides is 6. The van der Waals surface area contributed by atoms with Crippen molar-refractivity contribution >= 4 is 0 Å². The molecule has 0 radical (unpaired) electrons. The van der Waals surface area contributed by atoms with Crippen LogP contribution in [0, 0.1) is 0 Å². The van der Waals surface area contributed by atoms with E-state index in [1.54, 1.807) is 0 Å². The van der Waals surface area contributed by atoms with Crippen LogP contribution in [0.5, 0.6) is 0 Å². The van der Waals surface area contributed by atoms with Gasteiger partial charge in [0, 0.05) is 12.6 Å². The Kier molecular flexibility index (Phi) is 5.63. The normalized spacial score (nSPS) is 15.8. The summed E-state index contributed by atoms with van der Waals surface area (Å²) in [6.45, 7) is 1.02. The smallest absolute Gasteiger partial charge is 0.387 e. The molecule has 0 bridgehead atoms. The summed E-state index contributed by atoms with van der Waals surface area (Å²) in [5.41, 5.74) is -0.918. The maximum atomic E-state index is 12.5. The second-order valence-corrected chi connectivity index (χ2v) is 4.77. The van der Waals surface area contributed by atoms with Crippen LogP contribution in [0.2, 0.25) is 0 Å². The molecular formula is C13H15F6NO. The SMILES string of the molecule is CC(CC(F)(F)F)NCC(O)c1cccc(C(F)(F)F)c1. The predicted octanol–water partition coefficient (Wildman–Crippen LogP) is 3.67. The quantitative estimate of drug-likeness (QED) is 0.813. The third kappa shape index (κ3) is 6.34. The third-order valence-electron chi connectivity index (χ3n) is 2.80. The van der Waals surface area contributed by atoms with Crippen molar-refractivity contribution in [2.75, 3.05) is 6.54 Å². The summed E-state index contributed by atoms with van der Waals surface area (Å²) in [5.74, 6) is 0. The Hall–Kier alpha value is -1.28. The van der Waals surface area contributed by atoms with Gasteiger partial charge in [0.15, 0.2) is 0 Å². The highest BCUT2D eigenvalue weighted by Crippen LogP contribution is 2.30. The van der Waals surface area contributed by atoms with Crippen LogP contribution in [0.3, 0.4) is 0 Å². The summed E-state index contributed by atoms with van der Waals surface area (Å²) >= 11 is 0. The summed E-state index contributed by atoms with van der Waals surface area (Å²) in [6.07, 6.45) is -11.3. The minimum atomic E-state index is -4.53. The summed E-state index contributed by atoms with van der Waals surface area (Å²) < 4.78 is 73.9. The minimum Gasteiger partial charge on any atom is -0.387 e. The van der Waals surface area contributed by atoms with Crippen LogP contribution in [0.15, 0.2) is 24.3 Å². The third-order valence-corrected chi connectivity index (χ3v) is 2.80. The average Bonchev–Trinajstić information content (AvgIpc) is 2.33. The lowest BCUT2D eigenvalue weighted by molar-refractivity contribution is -0.139. The van der Waals surface area contributed by atoms with Crippen molar-refractivity contribution in [1.29, 1.82) is 0 Å². The van der Waals surface area contributed by atoms with Gasteiger partial charge in [-0.15, -0.1) is 0 Å². The molecule has 0 saturated heterocycles. The fourth-order valence-electron chi connectivity index (χ4n) is 1.77. The lowest BCUT2D eigenvalue weighted by Crippen LogP contribution is -2.34. The lowest BCUT2D eigenvalue weighted by Gasteiger charge is -2.19. The van der Waals surface area contributed by atoms with E-state index in [1.807, 2.05) is 0 Å². The molecule has 0 heterocycles. The van der Waals surface area contributed by atoms with E-state index in [0.29, 0.717) is 0 Å². The summed E-state index contributed by atoms with van der Waals surface area (Å²) in [6, 6.07) is 3.12. The molecule has 2 N–H and O–H groups in total. The molecule has 0 amide bonds. The number of nitrogens with one attached hydrogen (secondary N) is 1. The van der Waals surface area contributed by atoms with E-state index < -0.39 is 36.5 Å². The Labute approximate surface area is 117 Å². The molecule has 120 valence electrons. The Morgan fingerprint density at radius 3 is 2.29 bits per heavy atom. The first-order chi connectivity index (χ1) is 9.49. The first-order valence-corrected chi connectivity index (χ1v) is 6.14. The van der Waals surface area contributed by atoms with Crippen molar-refractivity contribution in [1.82, 2.24) is 5.32 Å². The summed E-state index contributed by atoms with van der Waals surface area (Å²) in [4.78, 5) is 0. The molecule has 2 atom stereocenters. The van der Waals surface area contributed by atoms with Gasteiger partial charge in [0.2, 0.25) is 0 Å². The van der Waals surface area contributed by atoms with Gasteiger partial charge in [0.1, 0.15) is 0 Å². The molecule has 1 aromatic rings. The Morgan fingerprint density at radius 2 is 1.76 bits per heavy atom. The van der Waals surface area contributed by atoms with E-state index in [0.717, 1.165) is 18.2 Å². The van der Waals surface area contributed by atoms with Crippen molar-refractivity contribution in [3.8, 4) is 0 Å². The highest BCUT2D eigenvalue weighted by molar-refractivity contribution is 5.27. The van der Waals surface area contributed by atoms with E-state index in [9.17, 15) is 31.4 Å². The zero-order chi connectivity index (χ0) is 16.3. The first kappa shape index (κ1) is 17.8. The standard InChI is InChI=1S/C13H15F6NO/c1-8(6-12(14,15)16)20-7-11(21)9-3-2-4-10(5-9)13(17,18)19/h2-5,8,11,20-21H,6-7H2,1H3. The maximum Gasteiger partial charge on any atom is 0.416 e. The maximum absolute atomic E-state index is 12.5. The lowest BCUT2D eigenvalue weighted by atomic mass is 10.1. The van der Waals surface area contributed by atoms with Crippen molar-refractivity contribution in [2.24, 2.45) is 0 Å². The number of aliphatic hydroxyl groups excluding tert-OH is 1. The molecule has 0 spiro atoms. The van der Waals surface area contributed by atoms with E-state index in [4.69, 9.17) is 0 Å². The van der Waals surface area contributed by atoms with Crippen LogP contribution in [-0.2, 0) is 6.18 Å². The second kappa shape index (κ2) is 6.65. The first-order valence-electron chi connectivity index (χ1n) is 6.14. The average molecular weight is 315 g/mol. The van der Waals surface area contributed by atoms with Gasteiger partial charge < -0.3 is 10.4 Å². The molecule has 0 aliphatic rings. The van der Waals surface area contributed by atoms with E-state index in [-0.39, 0.29) is 12.1 Å². The van der Waals surface area contributed by atoms with Gasteiger partial charge in [0.05, 0.1) is 18.1 Å². The van der Waals surface area contributed by atoms with Crippen molar-refractivity contribution < 1.29 is 31.4 Å². The molecule has 2 unspecified atom stereocenters. The molecular weight excluding hydrogens is 300 g/mol. The molecule has 0 aliphatic heterocycles. The second-order valence-electron chi connectivity index (χ2n) is 4.77. The molecule has 1 aromatic carbocycles. The number of hydrogen-bond donors (Lipinski definition) is 2. The van der Waals surface area contributed by atoms with Gasteiger partial charge in [-0.25, -0.2) is 0 Å². The fraction of sp³-hybridized carbons (Fsp3) is 0.538. The Bertz CT molecular complexity index is 457. The largest absolute Gasteiger partial charge is 0.416 e. The number of hydrogen-bond acceptors (Lipinski definition) is 2. The van der Waals surface area contributed by atoms with Crippen molar-refractivity contribution in [3.63, 3.8) is 0 Å². The number of benzene rings is 1. The van der Waals surface area contributed by atoms with Crippen LogP contribution >= 0.6 is 0 Å². The van der Waals surface area contributed by atoms with E-state index in [2.05, 4.69) is 5.32 Å². The van der Waals surface area contributed by atoms with Gasteiger partial charge in [-0.3, -0.25) is 0 Å².